The highest BCUT2D eigenvalue weighted by Crippen LogP contribution is 2.01. The van der Waals surface area contributed by atoms with Crippen LogP contribution in [0.25, 0.3) is 6.08 Å². The molecule has 1 aromatic rings. The quantitative estimate of drug-likeness (QED) is 0.544. The average Bonchev–Trinajstić information content (AvgIpc) is 2.56. The molecule has 22 heavy (non-hydrogen) atoms. The number of hydrogen-bond donors (Lipinski definition) is 2. The van der Waals surface area contributed by atoms with E-state index >= 15 is 0 Å². The molecule has 0 saturated heterocycles. The summed E-state index contributed by atoms with van der Waals surface area (Å²) in [5.74, 6) is 0.0904. The molecule has 0 aliphatic carbocycles. The molecular formula is C18H26N2O2. The Balaban J connectivity index is 2.08. The number of benzene rings is 1. The Morgan fingerprint density at radius 2 is 1.73 bits per heavy atom. The minimum absolute atomic E-state index is 0.0721. The van der Waals surface area contributed by atoms with Crippen molar-refractivity contribution < 1.29 is 9.59 Å². The van der Waals surface area contributed by atoms with Gasteiger partial charge in [0.1, 0.15) is 0 Å². The fraction of sp³-hybridized carbons (Fsp3) is 0.444. The van der Waals surface area contributed by atoms with Gasteiger partial charge in [0.15, 0.2) is 0 Å². The molecule has 0 aromatic heterocycles. The second kappa shape index (κ2) is 10.6. The van der Waals surface area contributed by atoms with Crippen LogP contribution < -0.4 is 10.6 Å². The fourth-order valence-corrected chi connectivity index (χ4v) is 1.83. The number of hydrogen-bond acceptors (Lipinski definition) is 2. The third-order valence-electron chi connectivity index (χ3n) is 3.49. The molecule has 0 saturated carbocycles. The Kier molecular flexibility index (Phi) is 8.65. The Labute approximate surface area is 133 Å². The Morgan fingerprint density at radius 1 is 1.09 bits per heavy atom. The van der Waals surface area contributed by atoms with E-state index in [1.165, 1.54) is 0 Å². The first-order chi connectivity index (χ1) is 10.6. The van der Waals surface area contributed by atoms with Gasteiger partial charge >= 0.3 is 0 Å². The van der Waals surface area contributed by atoms with Gasteiger partial charge < -0.3 is 10.6 Å². The van der Waals surface area contributed by atoms with Gasteiger partial charge in [-0.1, -0.05) is 44.2 Å². The topological polar surface area (TPSA) is 58.2 Å². The second-order valence-corrected chi connectivity index (χ2v) is 5.34. The van der Waals surface area contributed by atoms with Crippen LogP contribution in [0.5, 0.6) is 0 Å². The predicted molar refractivity (Wildman–Crippen MR) is 90.2 cm³/mol. The van der Waals surface area contributed by atoms with Crippen LogP contribution in [0, 0.1) is 5.92 Å². The van der Waals surface area contributed by atoms with Crippen LogP contribution in [-0.4, -0.2) is 24.9 Å². The maximum atomic E-state index is 11.6. The van der Waals surface area contributed by atoms with E-state index in [0.717, 1.165) is 24.8 Å². The first-order valence-corrected chi connectivity index (χ1v) is 7.92. The molecule has 0 spiro atoms. The van der Waals surface area contributed by atoms with Crippen molar-refractivity contribution in [2.75, 3.05) is 13.1 Å². The SMILES string of the molecule is CC[C@@H](C)C(=O)NCCCCNC(=O)/C=C/c1ccccc1. The van der Waals surface area contributed by atoms with Crippen molar-refractivity contribution in [3.8, 4) is 0 Å². The number of amides is 2. The molecule has 0 radical (unpaired) electrons. The van der Waals surface area contributed by atoms with Gasteiger partial charge in [-0.25, -0.2) is 0 Å². The van der Waals surface area contributed by atoms with Crippen LogP contribution in [0.1, 0.15) is 38.7 Å². The van der Waals surface area contributed by atoms with Crippen molar-refractivity contribution in [1.29, 1.82) is 0 Å². The molecule has 0 heterocycles. The highest BCUT2D eigenvalue weighted by Gasteiger charge is 2.08. The number of carbonyl (C=O) groups excluding carboxylic acids is 2. The van der Waals surface area contributed by atoms with E-state index in [0.29, 0.717) is 13.1 Å². The Hall–Kier alpha value is -2.10. The van der Waals surface area contributed by atoms with Gasteiger partial charge in [-0.3, -0.25) is 9.59 Å². The van der Waals surface area contributed by atoms with Gasteiger partial charge in [-0.2, -0.15) is 0 Å². The van der Waals surface area contributed by atoms with Gasteiger partial charge in [0.2, 0.25) is 11.8 Å². The molecule has 120 valence electrons. The van der Waals surface area contributed by atoms with Crippen molar-refractivity contribution in [3.63, 3.8) is 0 Å². The molecule has 4 heteroatoms. The monoisotopic (exact) mass is 302 g/mol. The van der Waals surface area contributed by atoms with Crippen LogP contribution in [0.3, 0.4) is 0 Å². The average molecular weight is 302 g/mol. The summed E-state index contributed by atoms with van der Waals surface area (Å²) in [6.45, 7) is 5.22. The predicted octanol–water partition coefficient (Wildman–Crippen LogP) is 2.76. The molecule has 0 aliphatic rings. The maximum absolute atomic E-state index is 11.6. The van der Waals surface area contributed by atoms with E-state index in [4.69, 9.17) is 0 Å². The molecular weight excluding hydrogens is 276 g/mol. The number of unbranched alkanes of at least 4 members (excludes halogenated alkanes) is 1. The summed E-state index contributed by atoms with van der Waals surface area (Å²) in [5, 5.41) is 5.74. The Bertz CT molecular complexity index is 483. The smallest absolute Gasteiger partial charge is 0.243 e. The molecule has 1 atom stereocenters. The van der Waals surface area contributed by atoms with Crippen molar-refractivity contribution >= 4 is 17.9 Å². The zero-order valence-electron chi connectivity index (χ0n) is 13.5. The molecule has 0 unspecified atom stereocenters. The van der Waals surface area contributed by atoms with E-state index in [1.807, 2.05) is 44.2 Å². The zero-order chi connectivity index (χ0) is 16.2. The molecule has 1 rings (SSSR count). The van der Waals surface area contributed by atoms with Gasteiger partial charge in [-0.05, 0) is 30.9 Å². The van der Waals surface area contributed by atoms with E-state index < -0.39 is 0 Å². The number of nitrogens with one attached hydrogen (secondary N) is 2. The first-order valence-electron chi connectivity index (χ1n) is 7.92. The van der Waals surface area contributed by atoms with Crippen molar-refractivity contribution in [2.24, 2.45) is 5.92 Å². The molecule has 0 bridgehead atoms. The highest BCUT2D eigenvalue weighted by atomic mass is 16.2. The van der Waals surface area contributed by atoms with Crippen LogP contribution in [0.4, 0.5) is 0 Å². The molecule has 4 nitrogen and oxygen atoms in total. The number of carbonyl (C=O) groups is 2. The first kappa shape index (κ1) is 18.0. The minimum Gasteiger partial charge on any atom is -0.356 e. The standard InChI is InChI=1S/C18H26N2O2/c1-3-15(2)18(22)20-14-8-7-13-19-17(21)12-11-16-9-5-4-6-10-16/h4-6,9-12,15H,3,7-8,13-14H2,1-2H3,(H,19,21)(H,20,22)/b12-11+/t15-/m1/s1. The molecule has 0 aliphatic heterocycles. The van der Waals surface area contributed by atoms with E-state index in [1.54, 1.807) is 12.2 Å². The van der Waals surface area contributed by atoms with Crippen LogP contribution in [0.15, 0.2) is 36.4 Å². The summed E-state index contributed by atoms with van der Waals surface area (Å²) < 4.78 is 0. The third-order valence-corrected chi connectivity index (χ3v) is 3.49. The second-order valence-electron chi connectivity index (χ2n) is 5.34. The lowest BCUT2D eigenvalue weighted by molar-refractivity contribution is -0.124. The largest absolute Gasteiger partial charge is 0.356 e. The van der Waals surface area contributed by atoms with Gasteiger partial charge in [0, 0.05) is 25.1 Å². The summed E-state index contributed by atoms with van der Waals surface area (Å²) in [6, 6.07) is 9.71. The molecule has 2 amide bonds. The maximum Gasteiger partial charge on any atom is 0.243 e. The summed E-state index contributed by atoms with van der Waals surface area (Å²) in [7, 11) is 0. The van der Waals surface area contributed by atoms with Crippen molar-refractivity contribution in [1.82, 2.24) is 10.6 Å². The normalized spacial score (nSPS) is 12.1. The lowest BCUT2D eigenvalue weighted by Gasteiger charge is -2.09. The zero-order valence-corrected chi connectivity index (χ0v) is 13.5. The summed E-state index contributed by atoms with van der Waals surface area (Å²) >= 11 is 0. The van der Waals surface area contributed by atoms with Crippen molar-refractivity contribution in [2.45, 2.75) is 33.1 Å². The summed E-state index contributed by atoms with van der Waals surface area (Å²) in [5.41, 5.74) is 1.01. The van der Waals surface area contributed by atoms with Crippen LogP contribution >= 0.6 is 0 Å². The molecule has 2 N–H and O–H groups in total. The summed E-state index contributed by atoms with van der Waals surface area (Å²) in [4.78, 5) is 23.2. The van der Waals surface area contributed by atoms with E-state index in [-0.39, 0.29) is 17.7 Å². The van der Waals surface area contributed by atoms with Crippen molar-refractivity contribution in [3.05, 3.63) is 42.0 Å². The number of rotatable bonds is 9. The van der Waals surface area contributed by atoms with E-state index in [9.17, 15) is 9.59 Å². The molecule has 1 aromatic carbocycles. The van der Waals surface area contributed by atoms with Crippen LogP contribution in [-0.2, 0) is 9.59 Å². The van der Waals surface area contributed by atoms with Crippen LogP contribution in [0.2, 0.25) is 0 Å². The van der Waals surface area contributed by atoms with Gasteiger partial charge in [0.05, 0.1) is 0 Å². The fourth-order valence-electron chi connectivity index (χ4n) is 1.83. The lowest BCUT2D eigenvalue weighted by atomic mass is 10.1. The summed E-state index contributed by atoms with van der Waals surface area (Å²) in [6.07, 6.45) is 5.91. The molecule has 0 fully saturated rings. The minimum atomic E-state index is -0.0903. The Morgan fingerprint density at radius 3 is 2.36 bits per heavy atom. The van der Waals surface area contributed by atoms with Gasteiger partial charge in [-0.15, -0.1) is 0 Å². The highest BCUT2D eigenvalue weighted by molar-refractivity contribution is 5.91. The lowest BCUT2D eigenvalue weighted by Crippen LogP contribution is -2.30. The van der Waals surface area contributed by atoms with E-state index in [2.05, 4.69) is 10.6 Å². The third kappa shape index (κ3) is 7.62. The van der Waals surface area contributed by atoms with Gasteiger partial charge in [0.25, 0.3) is 0 Å².